The van der Waals surface area contributed by atoms with Gasteiger partial charge in [0.15, 0.2) is 186 Å². The third-order valence-corrected chi connectivity index (χ3v) is 14.1. The van der Waals surface area contributed by atoms with Crippen LogP contribution in [0.15, 0.2) is 60.7 Å². The van der Waals surface area contributed by atoms with E-state index in [1.165, 1.54) is 11.1 Å². The summed E-state index contributed by atoms with van der Waals surface area (Å²) in [5, 5.41) is 0. The van der Waals surface area contributed by atoms with Gasteiger partial charge in [0.2, 0.25) is 46.5 Å². The van der Waals surface area contributed by atoms with Crippen molar-refractivity contribution in [1.82, 2.24) is 0 Å². The van der Waals surface area contributed by atoms with Gasteiger partial charge in [-0.2, -0.15) is 0 Å². The molecule has 0 aromatic heterocycles. The van der Waals surface area contributed by atoms with Crippen molar-refractivity contribution in [2.75, 3.05) is 12.6 Å². The van der Waals surface area contributed by atoms with E-state index in [0.29, 0.717) is 8.58 Å². The molecular formula is C64H21AlF41O2P. The second-order valence-electron chi connectivity index (χ2n) is 19.5. The molecule has 2 nitrogen and oxygen atoms in total. The smallest absolute Gasteiger partial charge is 0.0184 e. The van der Waals surface area contributed by atoms with Gasteiger partial charge in [-0.3, -0.25) is 0 Å². The summed E-state index contributed by atoms with van der Waals surface area (Å²) in [6, 6.07) is 20.8. The van der Waals surface area contributed by atoms with Crippen LogP contribution < -0.4 is 0 Å². The summed E-state index contributed by atoms with van der Waals surface area (Å²) < 4.78 is 552. The van der Waals surface area contributed by atoms with E-state index in [9.17, 15) is 180 Å². The predicted octanol–water partition coefficient (Wildman–Crippen LogP) is 23.3. The quantitative estimate of drug-likeness (QED) is 0.0411. The Balaban J connectivity index is 0.000000282. The maximum Gasteiger partial charge on any atom is -0.0184 e. The van der Waals surface area contributed by atoms with E-state index in [4.69, 9.17) is 7.96 Å². The Morgan fingerprint density at radius 2 is 0.321 bits per heavy atom. The molecule has 10 aromatic rings. The van der Waals surface area contributed by atoms with Gasteiger partial charge in [-0.25, -0.2) is 180 Å². The molecule has 0 amide bonds. The van der Waals surface area contributed by atoms with Crippen LogP contribution in [0.25, 0.3) is 55.6 Å². The van der Waals surface area contributed by atoms with Crippen molar-refractivity contribution < 1.29 is 188 Å². The summed E-state index contributed by atoms with van der Waals surface area (Å²) in [7, 11) is 0.548. The second kappa shape index (κ2) is 38.3. The number of halogens is 41. The average Bonchev–Trinajstić information content (AvgIpc) is 0.769. The first kappa shape index (κ1) is 91.3. The van der Waals surface area contributed by atoms with Crippen molar-refractivity contribution in [3.8, 4) is 55.6 Å². The number of benzene rings is 10. The SMILES string of the molecule is CCCPCF.Fc1c(F)c(F)c(-c2c(F)c(F)c(F)c(F)c2F)c(F)c1F.Fc1c(F)c(F)c(-c2c(F)c(F)c(F)c(F)c2F)c(F)c1F.Fc1c(F)c(F)c(-c2c(F)c(F)c(F)c(F)c2F)c(F)c1F.Fc1c(F)c(F)c(-c2c(F)c(F)c(F)c(F)c2F)c(F)c1F.[O]=[Al][OH].c1ccc(-c2ccccc2)cc1. The molecule has 0 fully saturated rings. The molecule has 0 aliphatic carbocycles. The normalized spacial score (nSPS) is 10.8. The molecule has 0 bridgehead atoms. The van der Waals surface area contributed by atoms with Gasteiger partial charge in [-0.1, -0.05) is 82.6 Å². The first-order valence-electron chi connectivity index (χ1n) is 27.3. The maximum atomic E-state index is 13.4. The van der Waals surface area contributed by atoms with Crippen LogP contribution in [0.1, 0.15) is 13.3 Å². The van der Waals surface area contributed by atoms with Gasteiger partial charge >= 0.3 is 23.4 Å². The molecule has 584 valence electrons. The molecule has 10 aromatic carbocycles. The van der Waals surface area contributed by atoms with Gasteiger partial charge in [-0.15, -0.1) is 0 Å². The molecular weight excluding hydrogens is 1640 g/mol. The summed E-state index contributed by atoms with van der Waals surface area (Å²) >= 11 is -1.50. The van der Waals surface area contributed by atoms with Crippen LogP contribution in [0.4, 0.5) is 180 Å². The fraction of sp³-hybridized carbons (Fsp3) is 0.0625. The van der Waals surface area contributed by atoms with Crippen LogP contribution in [0.2, 0.25) is 0 Å². The minimum atomic E-state index is -2.68. The molecule has 1 unspecified atom stereocenters. The van der Waals surface area contributed by atoms with Gasteiger partial charge in [0.25, 0.3) is 0 Å². The molecule has 1 atom stereocenters. The van der Waals surface area contributed by atoms with E-state index in [1.54, 1.807) is 0 Å². The zero-order valence-corrected chi connectivity index (χ0v) is 53.5. The third-order valence-electron chi connectivity index (χ3n) is 13.1. The zero-order chi connectivity index (χ0) is 83.5. The summed E-state index contributed by atoms with van der Waals surface area (Å²) in [4.78, 5) is 0. The van der Waals surface area contributed by atoms with Crippen LogP contribution >= 0.6 is 8.58 Å². The Labute approximate surface area is 585 Å². The van der Waals surface area contributed by atoms with E-state index >= 15 is 0 Å². The van der Waals surface area contributed by atoms with Crippen molar-refractivity contribution in [3.63, 3.8) is 0 Å². The monoisotopic (exact) mass is 1660 g/mol. The van der Waals surface area contributed by atoms with E-state index in [0.717, 1.165) is 12.6 Å². The van der Waals surface area contributed by atoms with Crippen molar-refractivity contribution in [2.45, 2.75) is 13.3 Å². The molecule has 0 saturated heterocycles. The minimum Gasteiger partial charge on any atom is -0.0622 e. The number of hydrogen-bond donors (Lipinski definition) is 1. The molecule has 0 aliphatic heterocycles. The topological polar surface area (TPSA) is 37.3 Å². The molecule has 10 rings (SSSR count). The summed E-state index contributed by atoms with van der Waals surface area (Å²) in [6.07, 6.45) is 2.08. The van der Waals surface area contributed by atoms with Crippen molar-refractivity contribution in [1.29, 1.82) is 0 Å². The van der Waals surface area contributed by atoms with Crippen molar-refractivity contribution >= 4 is 24.1 Å². The molecule has 1 N–H and O–H groups in total. The van der Waals surface area contributed by atoms with Crippen LogP contribution in [-0.4, -0.2) is 32.2 Å². The molecule has 109 heavy (non-hydrogen) atoms. The molecule has 0 radical (unpaired) electrons. The largest absolute Gasteiger partial charge is 0.0622 e. The predicted molar refractivity (Wildman–Crippen MR) is 296 cm³/mol. The van der Waals surface area contributed by atoms with Gasteiger partial charge in [-0.05, 0) is 17.3 Å². The van der Waals surface area contributed by atoms with Crippen LogP contribution in [0, 0.1) is 233 Å². The Morgan fingerprint density at radius 1 is 0.220 bits per heavy atom. The molecule has 0 heterocycles. The maximum absolute atomic E-state index is 13.4. The summed E-state index contributed by atoms with van der Waals surface area (Å²) in [6.45, 7) is 2.07. The van der Waals surface area contributed by atoms with Crippen LogP contribution in [0.3, 0.4) is 0 Å². The van der Waals surface area contributed by atoms with Crippen molar-refractivity contribution in [3.05, 3.63) is 293 Å². The van der Waals surface area contributed by atoms with Gasteiger partial charge < -0.3 is 0 Å². The first-order valence-corrected chi connectivity index (χ1v) is 29.7. The Bertz CT molecular complexity index is 4020. The summed E-state index contributed by atoms with van der Waals surface area (Å²) in [5.74, 6) is -107. The van der Waals surface area contributed by atoms with Gasteiger partial charge in [0, 0.05) is 0 Å². The fourth-order valence-electron chi connectivity index (χ4n) is 8.10. The fourth-order valence-corrected chi connectivity index (χ4v) is 8.59. The third kappa shape index (κ3) is 18.4. The average molecular weight is 1660 g/mol. The number of rotatable bonds is 8. The van der Waals surface area contributed by atoms with Gasteiger partial charge in [0.1, 0.15) is 6.42 Å². The van der Waals surface area contributed by atoms with E-state index in [2.05, 4.69) is 55.5 Å². The zero-order valence-electron chi connectivity index (χ0n) is 51.3. The Hall–Kier alpha value is -10.1. The second-order valence-corrected chi connectivity index (χ2v) is 21.0. The standard InChI is InChI=1S/4C12F10.C12H10.C4H10FP.Al.H2O.O/c4*13-3-1(4(14)8(18)11(21)7(3)17)2-5(15)9(19)12(22)10(20)6(2)16;1-3-7-11(8-4-1)12-9-5-2-6-10-12;1-2-3-6-4-5;;;/h;;;;1-10H;6H,2-4H2,1H3;;1H2;/q;;;;;;+1;;/p-1. The number of hydrogen-bond acceptors (Lipinski definition) is 1. The Morgan fingerprint density at radius 3 is 0.404 bits per heavy atom. The Kier molecular flexibility index (Phi) is 32.1. The van der Waals surface area contributed by atoms with Crippen molar-refractivity contribution in [2.24, 2.45) is 0 Å². The molecule has 0 saturated carbocycles. The summed E-state index contributed by atoms with van der Waals surface area (Å²) in [5.41, 5.74) is -15.5. The molecule has 45 heteroatoms. The van der Waals surface area contributed by atoms with E-state index in [1.807, 2.05) is 12.1 Å². The molecule has 0 aliphatic rings. The minimum absolute atomic E-state index is 0.117. The van der Waals surface area contributed by atoms with Gasteiger partial charge in [0.05, 0.1) is 44.5 Å². The first-order chi connectivity index (χ1) is 50.7. The van der Waals surface area contributed by atoms with Crippen LogP contribution in [-0.2, 0) is 3.80 Å². The van der Waals surface area contributed by atoms with Crippen LogP contribution in [0.5, 0.6) is 0 Å². The molecule has 0 spiro atoms. The number of alkyl halides is 1. The van der Waals surface area contributed by atoms with E-state index < -0.39 is 293 Å². The van der Waals surface area contributed by atoms with E-state index in [-0.39, 0.29) is 6.42 Å².